The van der Waals surface area contributed by atoms with E-state index in [1.165, 1.54) is 17.8 Å². The predicted octanol–water partition coefficient (Wildman–Crippen LogP) is 4.08. The van der Waals surface area contributed by atoms with Crippen LogP contribution < -0.4 is 10.7 Å². The maximum atomic E-state index is 14.0. The molecule has 0 saturated heterocycles. The number of nitrogens with zero attached hydrogens (tertiary/aromatic N) is 3. The number of benzene rings is 2. The van der Waals surface area contributed by atoms with Crippen LogP contribution in [0.2, 0.25) is 0 Å². The summed E-state index contributed by atoms with van der Waals surface area (Å²) in [5.41, 5.74) is 5.69. The summed E-state index contributed by atoms with van der Waals surface area (Å²) >= 11 is 1.34. The second-order valence-corrected chi connectivity index (χ2v) is 8.12. The third-order valence-corrected chi connectivity index (χ3v) is 6.02. The Balaban J connectivity index is 1.67. The molecule has 0 aliphatic carbocycles. The van der Waals surface area contributed by atoms with Crippen LogP contribution in [0.15, 0.2) is 53.7 Å². The standard InChI is InChI=1S/C21H22FN5OS/c1-3-6-17-24-25-21-27(17)26-18(14-11-9-13(2)10-12-14)19(29-21)20(28)23-16-8-5-4-7-15(16)22/h4-5,7-12,18-19,26H,3,6H2,1-2H3,(H,23,28)/t18-,19+/m1/s1. The number of aromatic nitrogens is 3. The van der Waals surface area contributed by atoms with E-state index in [1.807, 2.05) is 35.9 Å². The third-order valence-electron chi connectivity index (χ3n) is 4.80. The normalized spacial score (nSPS) is 18.0. The van der Waals surface area contributed by atoms with Crippen LogP contribution in [0.4, 0.5) is 10.1 Å². The summed E-state index contributed by atoms with van der Waals surface area (Å²) in [6.45, 7) is 4.10. The maximum Gasteiger partial charge on any atom is 0.240 e. The van der Waals surface area contributed by atoms with Crippen LogP contribution in [-0.4, -0.2) is 26.0 Å². The Kier molecular flexibility index (Phi) is 5.53. The predicted molar refractivity (Wildman–Crippen MR) is 112 cm³/mol. The van der Waals surface area contributed by atoms with E-state index >= 15 is 0 Å². The van der Waals surface area contributed by atoms with Crippen molar-refractivity contribution >= 4 is 23.4 Å². The summed E-state index contributed by atoms with van der Waals surface area (Å²) in [5.74, 6) is 0.0828. The highest BCUT2D eigenvalue weighted by molar-refractivity contribution is 8.00. The molecule has 2 aromatic carbocycles. The molecule has 0 saturated carbocycles. The Labute approximate surface area is 172 Å². The smallest absolute Gasteiger partial charge is 0.240 e. The largest absolute Gasteiger partial charge is 0.323 e. The number of halogens is 1. The number of carbonyl (C=O) groups excluding carboxylic acids is 1. The SMILES string of the molecule is CCCc1nnc2n1N[C@H](c1ccc(C)cc1)[C@@H](C(=O)Nc1ccccc1F)S2. The van der Waals surface area contributed by atoms with Crippen molar-refractivity contribution in [1.29, 1.82) is 0 Å². The number of fused-ring (bicyclic) bond motifs is 1. The number of aryl methyl sites for hydroxylation is 2. The summed E-state index contributed by atoms with van der Waals surface area (Å²) in [6.07, 6.45) is 1.73. The average Bonchev–Trinajstić information content (AvgIpc) is 3.11. The molecule has 0 bridgehead atoms. The molecule has 1 amide bonds. The number of anilines is 1. The molecular formula is C21H22FN5OS. The first-order valence-electron chi connectivity index (χ1n) is 9.56. The van der Waals surface area contributed by atoms with Crippen molar-refractivity contribution in [2.24, 2.45) is 0 Å². The van der Waals surface area contributed by atoms with E-state index in [0.717, 1.165) is 29.8 Å². The van der Waals surface area contributed by atoms with Gasteiger partial charge in [-0.1, -0.05) is 60.6 Å². The van der Waals surface area contributed by atoms with Crippen LogP contribution >= 0.6 is 11.8 Å². The molecule has 2 atom stereocenters. The zero-order valence-electron chi connectivity index (χ0n) is 16.2. The van der Waals surface area contributed by atoms with Gasteiger partial charge >= 0.3 is 0 Å². The van der Waals surface area contributed by atoms with Crippen molar-refractivity contribution in [2.75, 3.05) is 10.7 Å². The molecule has 6 nitrogen and oxygen atoms in total. The van der Waals surface area contributed by atoms with E-state index in [-0.39, 0.29) is 17.6 Å². The Morgan fingerprint density at radius 2 is 1.97 bits per heavy atom. The number of nitrogens with one attached hydrogen (secondary N) is 2. The molecule has 0 unspecified atom stereocenters. The van der Waals surface area contributed by atoms with Gasteiger partial charge in [-0.15, -0.1) is 10.2 Å². The molecule has 2 heterocycles. The maximum absolute atomic E-state index is 14.0. The molecule has 0 radical (unpaired) electrons. The molecule has 4 rings (SSSR count). The molecule has 150 valence electrons. The molecular weight excluding hydrogens is 389 g/mol. The van der Waals surface area contributed by atoms with Crippen molar-refractivity contribution in [3.8, 4) is 0 Å². The van der Waals surface area contributed by atoms with E-state index < -0.39 is 11.1 Å². The van der Waals surface area contributed by atoms with Gasteiger partial charge in [0.15, 0.2) is 5.82 Å². The fourth-order valence-electron chi connectivity index (χ4n) is 3.27. The van der Waals surface area contributed by atoms with E-state index in [2.05, 4.69) is 27.9 Å². The van der Waals surface area contributed by atoms with Crippen molar-refractivity contribution in [2.45, 2.75) is 43.1 Å². The van der Waals surface area contributed by atoms with Crippen molar-refractivity contribution < 1.29 is 9.18 Å². The van der Waals surface area contributed by atoms with Crippen LogP contribution in [0.3, 0.4) is 0 Å². The lowest BCUT2D eigenvalue weighted by molar-refractivity contribution is -0.116. The first-order valence-corrected chi connectivity index (χ1v) is 10.4. The van der Waals surface area contributed by atoms with Gasteiger partial charge < -0.3 is 10.7 Å². The summed E-state index contributed by atoms with van der Waals surface area (Å²) in [7, 11) is 0. The summed E-state index contributed by atoms with van der Waals surface area (Å²) in [5, 5.41) is 11.3. The molecule has 1 aliphatic heterocycles. The minimum atomic E-state index is -0.538. The third kappa shape index (κ3) is 3.98. The number of thioether (sulfide) groups is 1. The molecule has 0 fully saturated rings. The zero-order valence-corrected chi connectivity index (χ0v) is 17.0. The highest BCUT2D eigenvalue weighted by Gasteiger charge is 2.37. The average molecular weight is 412 g/mol. The topological polar surface area (TPSA) is 71.8 Å². The number of para-hydroxylation sites is 1. The molecule has 29 heavy (non-hydrogen) atoms. The van der Waals surface area contributed by atoms with E-state index in [0.29, 0.717) is 5.16 Å². The number of hydrogen-bond donors (Lipinski definition) is 2. The van der Waals surface area contributed by atoms with Crippen LogP contribution in [-0.2, 0) is 11.2 Å². The Bertz CT molecular complexity index is 1020. The van der Waals surface area contributed by atoms with Crippen LogP contribution in [0.1, 0.15) is 36.3 Å². The van der Waals surface area contributed by atoms with E-state index in [9.17, 15) is 9.18 Å². The van der Waals surface area contributed by atoms with Crippen LogP contribution in [0.25, 0.3) is 0 Å². The van der Waals surface area contributed by atoms with Gasteiger partial charge in [-0.3, -0.25) is 4.79 Å². The first kappa shape index (κ1) is 19.4. The van der Waals surface area contributed by atoms with Gasteiger partial charge in [0.25, 0.3) is 0 Å². The van der Waals surface area contributed by atoms with Gasteiger partial charge in [-0.2, -0.15) is 0 Å². The lowest BCUT2D eigenvalue weighted by Crippen LogP contribution is -2.41. The second-order valence-electron chi connectivity index (χ2n) is 7.01. The van der Waals surface area contributed by atoms with Gasteiger partial charge in [0.1, 0.15) is 11.1 Å². The second kappa shape index (κ2) is 8.24. The van der Waals surface area contributed by atoms with Crippen LogP contribution in [0, 0.1) is 12.7 Å². The van der Waals surface area contributed by atoms with Gasteiger partial charge in [-0.05, 0) is 31.0 Å². The highest BCUT2D eigenvalue weighted by atomic mass is 32.2. The first-order chi connectivity index (χ1) is 14.1. The minimum Gasteiger partial charge on any atom is -0.323 e. The van der Waals surface area contributed by atoms with Gasteiger partial charge in [0, 0.05) is 6.42 Å². The Hall–Kier alpha value is -2.87. The molecule has 2 N–H and O–H groups in total. The minimum absolute atomic E-state index is 0.166. The lowest BCUT2D eigenvalue weighted by Gasteiger charge is -2.33. The number of amides is 1. The monoisotopic (exact) mass is 411 g/mol. The van der Waals surface area contributed by atoms with Crippen LogP contribution in [0.5, 0.6) is 0 Å². The number of rotatable bonds is 5. The molecule has 3 aromatic rings. The number of carbonyl (C=O) groups is 1. The van der Waals surface area contributed by atoms with Gasteiger partial charge in [0.2, 0.25) is 11.1 Å². The van der Waals surface area contributed by atoms with Crippen molar-refractivity contribution in [3.63, 3.8) is 0 Å². The molecule has 8 heteroatoms. The summed E-state index contributed by atoms with van der Waals surface area (Å²) in [4.78, 5) is 13.1. The zero-order chi connectivity index (χ0) is 20.4. The molecule has 0 spiro atoms. The van der Waals surface area contributed by atoms with Gasteiger partial charge in [-0.25, -0.2) is 9.07 Å². The summed E-state index contributed by atoms with van der Waals surface area (Å²) < 4.78 is 15.9. The Morgan fingerprint density at radius 3 is 2.69 bits per heavy atom. The summed E-state index contributed by atoms with van der Waals surface area (Å²) in [6, 6.07) is 13.9. The number of hydrogen-bond acceptors (Lipinski definition) is 5. The molecule has 1 aromatic heterocycles. The van der Waals surface area contributed by atoms with E-state index in [4.69, 9.17) is 0 Å². The fraction of sp³-hybridized carbons (Fsp3) is 0.286. The highest BCUT2D eigenvalue weighted by Crippen LogP contribution is 2.37. The van der Waals surface area contributed by atoms with Crippen molar-refractivity contribution in [3.05, 3.63) is 71.3 Å². The quantitative estimate of drug-likeness (QED) is 0.662. The fourth-order valence-corrected chi connectivity index (χ4v) is 4.37. The Morgan fingerprint density at radius 1 is 1.21 bits per heavy atom. The van der Waals surface area contributed by atoms with E-state index in [1.54, 1.807) is 18.2 Å². The van der Waals surface area contributed by atoms with Crippen molar-refractivity contribution in [1.82, 2.24) is 14.9 Å². The molecule has 1 aliphatic rings. The van der Waals surface area contributed by atoms with Gasteiger partial charge in [0.05, 0.1) is 11.7 Å². The lowest BCUT2D eigenvalue weighted by atomic mass is 10.0.